The zero-order valence-corrected chi connectivity index (χ0v) is 12.1. The molecule has 1 saturated heterocycles. The molecule has 1 aliphatic heterocycles. The van der Waals surface area contributed by atoms with E-state index in [1.165, 1.54) is 0 Å². The van der Waals surface area contributed by atoms with E-state index < -0.39 is 0 Å². The van der Waals surface area contributed by atoms with Crippen LogP contribution >= 0.6 is 0 Å². The lowest BCUT2D eigenvalue weighted by Gasteiger charge is -2.27. The first-order valence-corrected chi connectivity index (χ1v) is 7.05. The molecule has 2 heterocycles. The predicted molar refractivity (Wildman–Crippen MR) is 75.0 cm³/mol. The van der Waals surface area contributed by atoms with Gasteiger partial charge in [0.15, 0.2) is 0 Å². The van der Waals surface area contributed by atoms with E-state index in [1.807, 2.05) is 31.9 Å². The highest BCUT2D eigenvalue weighted by molar-refractivity contribution is 5.76. The van der Waals surface area contributed by atoms with Crippen LogP contribution in [0.2, 0.25) is 0 Å². The van der Waals surface area contributed by atoms with E-state index in [4.69, 9.17) is 0 Å². The van der Waals surface area contributed by atoms with E-state index in [-0.39, 0.29) is 5.91 Å². The van der Waals surface area contributed by atoms with Crippen molar-refractivity contribution in [3.63, 3.8) is 0 Å². The van der Waals surface area contributed by atoms with Gasteiger partial charge in [0.25, 0.3) is 0 Å². The minimum Gasteiger partial charge on any atom is -0.341 e. The normalized spacial score (nSPS) is 20.1. The van der Waals surface area contributed by atoms with Gasteiger partial charge in [-0.3, -0.25) is 9.48 Å². The van der Waals surface area contributed by atoms with E-state index in [0.717, 1.165) is 43.7 Å². The number of aryl methyl sites for hydroxylation is 2. The Morgan fingerprint density at radius 3 is 2.95 bits per heavy atom. The van der Waals surface area contributed by atoms with E-state index in [2.05, 4.69) is 10.4 Å². The summed E-state index contributed by atoms with van der Waals surface area (Å²) in [7, 11) is 1.92. The molecular weight excluding hydrogens is 240 g/mol. The first-order valence-electron chi connectivity index (χ1n) is 7.05. The Balaban J connectivity index is 1.96. The van der Waals surface area contributed by atoms with E-state index in [9.17, 15) is 4.79 Å². The molecule has 1 unspecified atom stereocenters. The summed E-state index contributed by atoms with van der Waals surface area (Å²) < 4.78 is 1.79. The maximum absolute atomic E-state index is 12.3. The Bertz CT molecular complexity index is 433. The van der Waals surface area contributed by atoms with Crippen LogP contribution in [0.5, 0.6) is 0 Å². The summed E-state index contributed by atoms with van der Waals surface area (Å²) in [6, 6.07) is 2.36. The Morgan fingerprint density at radius 1 is 1.47 bits per heavy atom. The molecule has 0 bridgehead atoms. The lowest BCUT2D eigenvalue weighted by atomic mass is 10.1. The van der Waals surface area contributed by atoms with Crippen LogP contribution in [0.25, 0.3) is 0 Å². The third-order valence-electron chi connectivity index (χ3n) is 3.87. The van der Waals surface area contributed by atoms with Crippen molar-refractivity contribution >= 4 is 5.91 Å². The van der Waals surface area contributed by atoms with Crippen molar-refractivity contribution < 1.29 is 4.79 Å². The standard InChI is InChI=1S/C14H24N4O/c1-11-9-12(2)18(16-11)10-14(19)17(3)13-5-4-7-15-8-6-13/h9,13,15H,4-8,10H2,1-3H3. The second-order valence-corrected chi connectivity index (χ2v) is 5.42. The van der Waals surface area contributed by atoms with Gasteiger partial charge < -0.3 is 10.2 Å². The monoisotopic (exact) mass is 264 g/mol. The van der Waals surface area contributed by atoms with Crippen LogP contribution < -0.4 is 5.32 Å². The molecule has 0 radical (unpaired) electrons. The SMILES string of the molecule is Cc1cc(C)n(CC(=O)N(C)C2CCCNCC2)n1. The topological polar surface area (TPSA) is 50.2 Å². The van der Waals surface area contributed by atoms with Crippen molar-refractivity contribution in [2.75, 3.05) is 20.1 Å². The summed E-state index contributed by atoms with van der Waals surface area (Å²) in [4.78, 5) is 14.2. The molecule has 1 aromatic rings. The highest BCUT2D eigenvalue weighted by atomic mass is 16.2. The smallest absolute Gasteiger partial charge is 0.244 e. The summed E-state index contributed by atoms with van der Waals surface area (Å²) in [6.45, 7) is 6.36. The fourth-order valence-electron chi connectivity index (χ4n) is 2.67. The quantitative estimate of drug-likeness (QED) is 0.889. The highest BCUT2D eigenvalue weighted by Gasteiger charge is 2.21. The number of amides is 1. The number of carbonyl (C=O) groups is 1. The summed E-state index contributed by atoms with van der Waals surface area (Å²) in [5.41, 5.74) is 2.01. The number of hydrogen-bond donors (Lipinski definition) is 1. The molecule has 1 amide bonds. The van der Waals surface area contributed by atoms with Crippen molar-refractivity contribution in [1.82, 2.24) is 20.0 Å². The molecule has 19 heavy (non-hydrogen) atoms. The van der Waals surface area contributed by atoms with Gasteiger partial charge in [0.05, 0.1) is 5.69 Å². The molecule has 106 valence electrons. The molecule has 0 saturated carbocycles. The first-order chi connectivity index (χ1) is 9.08. The fraction of sp³-hybridized carbons (Fsp3) is 0.714. The van der Waals surface area contributed by atoms with Gasteiger partial charge in [0.2, 0.25) is 5.91 Å². The van der Waals surface area contributed by atoms with Crippen LogP contribution in [0.1, 0.15) is 30.7 Å². The molecule has 1 atom stereocenters. The van der Waals surface area contributed by atoms with Gasteiger partial charge in [-0.1, -0.05) is 0 Å². The zero-order chi connectivity index (χ0) is 13.8. The third-order valence-corrected chi connectivity index (χ3v) is 3.87. The predicted octanol–water partition coefficient (Wildman–Crippen LogP) is 1.10. The molecular formula is C14H24N4O. The Hall–Kier alpha value is -1.36. The maximum Gasteiger partial charge on any atom is 0.244 e. The van der Waals surface area contributed by atoms with Crippen LogP contribution in [0.3, 0.4) is 0 Å². The average Bonchev–Trinajstić information content (AvgIpc) is 2.61. The molecule has 1 fully saturated rings. The van der Waals surface area contributed by atoms with Crippen molar-refractivity contribution in [3.05, 3.63) is 17.5 Å². The van der Waals surface area contributed by atoms with E-state index in [1.54, 1.807) is 4.68 Å². The molecule has 2 rings (SSSR count). The molecule has 5 nitrogen and oxygen atoms in total. The van der Waals surface area contributed by atoms with Gasteiger partial charge in [-0.15, -0.1) is 0 Å². The van der Waals surface area contributed by atoms with Gasteiger partial charge in [0, 0.05) is 18.8 Å². The van der Waals surface area contributed by atoms with Gasteiger partial charge >= 0.3 is 0 Å². The minimum absolute atomic E-state index is 0.151. The van der Waals surface area contributed by atoms with Gasteiger partial charge in [-0.05, 0) is 52.3 Å². The minimum atomic E-state index is 0.151. The lowest BCUT2D eigenvalue weighted by Crippen LogP contribution is -2.39. The largest absolute Gasteiger partial charge is 0.341 e. The van der Waals surface area contributed by atoms with Crippen LogP contribution in [0.15, 0.2) is 6.07 Å². The molecule has 0 aromatic carbocycles. The summed E-state index contributed by atoms with van der Waals surface area (Å²) >= 11 is 0. The lowest BCUT2D eigenvalue weighted by molar-refractivity contribution is -0.133. The van der Waals surface area contributed by atoms with E-state index >= 15 is 0 Å². The molecule has 1 aliphatic rings. The highest BCUT2D eigenvalue weighted by Crippen LogP contribution is 2.13. The molecule has 0 spiro atoms. The van der Waals surface area contributed by atoms with Crippen LogP contribution in [-0.2, 0) is 11.3 Å². The number of hydrogen-bond acceptors (Lipinski definition) is 3. The Kier molecular flexibility index (Phi) is 4.58. The van der Waals surface area contributed by atoms with Crippen LogP contribution in [0.4, 0.5) is 0 Å². The van der Waals surface area contributed by atoms with E-state index in [0.29, 0.717) is 12.6 Å². The van der Waals surface area contributed by atoms with Crippen LogP contribution in [0, 0.1) is 13.8 Å². The zero-order valence-electron chi connectivity index (χ0n) is 12.1. The number of aromatic nitrogens is 2. The summed E-state index contributed by atoms with van der Waals surface area (Å²) in [5.74, 6) is 0.151. The molecule has 5 heteroatoms. The number of nitrogens with zero attached hydrogens (tertiary/aromatic N) is 3. The molecule has 0 aliphatic carbocycles. The number of carbonyl (C=O) groups excluding carboxylic acids is 1. The second-order valence-electron chi connectivity index (χ2n) is 5.42. The molecule has 1 aromatic heterocycles. The van der Waals surface area contributed by atoms with Crippen molar-refractivity contribution in [1.29, 1.82) is 0 Å². The Morgan fingerprint density at radius 2 is 2.26 bits per heavy atom. The van der Waals surface area contributed by atoms with Gasteiger partial charge in [0.1, 0.15) is 6.54 Å². The van der Waals surface area contributed by atoms with Crippen molar-refractivity contribution in [2.45, 2.75) is 45.7 Å². The van der Waals surface area contributed by atoms with Crippen molar-refractivity contribution in [3.8, 4) is 0 Å². The number of likely N-dealkylation sites (N-methyl/N-ethyl adjacent to an activating group) is 1. The average molecular weight is 264 g/mol. The summed E-state index contributed by atoms with van der Waals surface area (Å²) in [6.07, 6.45) is 3.27. The first kappa shape index (κ1) is 14.1. The fourth-order valence-corrected chi connectivity index (χ4v) is 2.67. The summed E-state index contributed by atoms with van der Waals surface area (Å²) in [5, 5.41) is 7.73. The van der Waals surface area contributed by atoms with Gasteiger partial charge in [-0.25, -0.2) is 0 Å². The van der Waals surface area contributed by atoms with Crippen molar-refractivity contribution in [2.24, 2.45) is 0 Å². The molecule has 1 N–H and O–H groups in total. The number of nitrogens with one attached hydrogen (secondary N) is 1. The maximum atomic E-state index is 12.3. The third kappa shape index (κ3) is 3.56. The second kappa shape index (κ2) is 6.19. The Labute approximate surface area is 115 Å². The van der Waals surface area contributed by atoms with Gasteiger partial charge in [-0.2, -0.15) is 5.10 Å². The van der Waals surface area contributed by atoms with Crippen LogP contribution in [-0.4, -0.2) is 46.8 Å². The number of rotatable bonds is 3.